The number of rotatable bonds is 11. The Kier molecular flexibility index (Phi) is 9.91. The van der Waals surface area contributed by atoms with Crippen molar-refractivity contribution in [2.45, 2.75) is 71.9 Å². The van der Waals surface area contributed by atoms with Crippen molar-refractivity contribution >= 4 is 13.3 Å². The van der Waals surface area contributed by atoms with Crippen LogP contribution in [0.25, 0.3) is 0 Å². The van der Waals surface area contributed by atoms with Crippen molar-refractivity contribution in [2.75, 3.05) is 31.7 Å². The van der Waals surface area contributed by atoms with Crippen molar-refractivity contribution in [3.8, 4) is 11.5 Å². The quantitative estimate of drug-likeness (QED) is 0.333. The highest BCUT2D eigenvalue weighted by Gasteiger charge is 2.25. The van der Waals surface area contributed by atoms with E-state index in [0.29, 0.717) is 24.4 Å². The maximum Gasteiger partial charge on any atom is 0.328 e. The molecule has 7 heteroatoms. The SMILES string of the molecule is COc1ccc(CCCC(C)(C)C)c(N2CCC(COc3cccc(CC(C)P(=O)(O)O)c3)CC2)c1. The largest absolute Gasteiger partial charge is 0.497 e. The fourth-order valence-corrected chi connectivity index (χ4v) is 5.21. The lowest BCUT2D eigenvalue weighted by atomic mass is 9.88. The first kappa shape index (κ1) is 28.6. The van der Waals surface area contributed by atoms with Gasteiger partial charge in [0.2, 0.25) is 0 Å². The second-order valence-electron chi connectivity index (χ2n) is 11.4. The molecule has 0 spiro atoms. The summed E-state index contributed by atoms with van der Waals surface area (Å²) in [5, 5.41) is 0. The average Bonchev–Trinajstić information content (AvgIpc) is 2.82. The molecule has 0 saturated carbocycles. The van der Waals surface area contributed by atoms with Gasteiger partial charge in [0.15, 0.2) is 0 Å². The molecule has 0 radical (unpaired) electrons. The fraction of sp³-hybridized carbons (Fsp3) is 0.586. The van der Waals surface area contributed by atoms with Crippen LogP contribution in [-0.4, -0.2) is 42.3 Å². The van der Waals surface area contributed by atoms with Crippen LogP contribution in [0.4, 0.5) is 5.69 Å². The van der Waals surface area contributed by atoms with Crippen LogP contribution in [-0.2, 0) is 17.4 Å². The van der Waals surface area contributed by atoms with Gasteiger partial charge in [0.05, 0.1) is 19.4 Å². The lowest BCUT2D eigenvalue weighted by Crippen LogP contribution is -2.36. The first-order valence-corrected chi connectivity index (χ1v) is 14.8. The van der Waals surface area contributed by atoms with Crippen LogP contribution < -0.4 is 14.4 Å². The molecular weight excluding hydrogens is 473 g/mol. The van der Waals surface area contributed by atoms with Gasteiger partial charge in [0, 0.05) is 24.8 Å². The Balaban J connectivity index is 1.55. The van der Waals surface area contributed by atoms with Crippen molar-refractivity contribution < 1.29 is 23.8 Å². The molecule has 0 amide bonds. The Morgan fingerprint density at radius 2 is 1.81 bits per heavy atom. The van der Waals surface area contributed by atoms with Gasteiger partial charge in [-0.3, -0.25) is 4.57 Å². The van der Waals surface area contributed by atoms with Gasteiger partial charge < -0.3 is 24.2 Å². The lowest BCUT2D eigenvalue weighted by molar-refractivity contribution is 0.222. The van der Waals surface area contributed by atoms with E-state index in [0.717, 1.165) is 49.4 Å². The van der Waals surface area contributed by atoms with Gasteiger partial charge in [-0.15, -0.1) is 0 Å². The summed E-state index contributed by atoms with van der Waals surface area (Å²) in [4.78, 5) is 21.3. The third kappa shape index (κ3) is 8.83. The van der Waals surface area contributed by atoms with Crippen LogP contribution in [0.2, 0.25) is 0 Å². The minimum atomic E-state index is -4.08. The number of hydrogen-bond acceptors (Lipinski definition) is 4. The van der Waals surface area contributed by atoms with Crippen molar-refractivity contribution in [3.63, 3.8) is 0 Å². The van der Waals surface area contributed by atoms with Gasteiger partial charge in [-0.05, 0) is 79.2 Å². The van der Waals surface area contributed by atoms with Gasteiger partial charge in [0.1, 0.15) is 11.5 Å². The topological polar surface area (TPSA) is 79.2 Å². The highest BCUT2D eigenvalue weighted by molar-refractivity contribution is 7.52. The second-order valence-corrected chi connectivity index (χ2v) is 13.5. The summed E-state index contributed by atoms with van der Waals surface area (Å²) in [5.74, 6) is 2.15. The van der Waals surface area contributed by atoms with Crippen molar-refractivity contribution in [1.82, 2.24) is 0 Å². The number of piperidine rings is 1. The molecule has 6 nitrogen and oxygen atoms in total. The van der Waals surface area contributed by atoms with Crippen LogP contribution in [0.1, 0.15) is 64.5 Å². The first-order valence-electron chi connectivity index (χ1n) is 13.1. The third-order valence-electron chi connectivity index (χ3n) is 7.11. The molecule has 1 atom stereocenters. The van der Waals surface area contributed by atoms with E-state index in [9.17, 15) is 14.4 Å². The van der Waals surface area contributed by atoms with E-state index in [-0.39, 0.29) is 0 Å². The summed E-state index contributed by atoms with van der Waals surface area (Å²) in [6.45, 7) is 11.1. The minimum absolute atomic E-state index is 0.332. The maximum atomic E-state index is 11.5. The molecule has 1 fully saturated rings. The zero-order chi connectivity index (χ0) is 26.3. The number of benzene rings is 2. The second kappa shape index (κ2) is 12.5. The third-order valence-corrected chi connectivity index (χ3v) is 8.44. The van der Waals surface area contributed by atoms with Crippen molar-refractivity contribution in [1.29, 1.82) is 0 Å². The summed E-state index contributed by atoms with van der Waals surface area (Å²) in [5.41, 5.74) is 3.23. The van der Waals surface area contributed by atoms with Gasteiger partial charge in [0.25, 0.3) is 0 Å². The molecule has 36 heavy (non-hydrogen) atoms. The Bertz CT molecular complexity index is 1020. The standard InChI is InChI=1S/C29H44NO5P/c1-22(36(31,32)33)18-24-8-6-10-27(19-24)35-21-23-13-16-30(17-14-23)28-20-26(34-5)12-11-25(28)9-7-15-29(2,3)4/h6,8,10-12,19-20,22-23H,7,9,13-18,21H2,1-5H3,(H2,31,32,33). The smallest absolute Gasteiger partial charge is 0.328 e. The Morgan fingerprint density at radius 1 is 1.08 bits per heavy atom. The van der Waals surface area contributed by atoms with Crippen LogP contribution in [0.3, 0.4) is 0 Å². The highest BCUT2D eigenvalue weighted by atomic mass is 31.2. The van der Waals surface area contributed by atoms with Crippen molar-refractivity contribution in [3.05, 3.63) is 53.6 Å². The fourth-order valence-electron chi connectivity index (χ4n) is 4.76. The van der Waals surface area contributed by atoms with E-state index >= 15 is 0 Å². The van der Waals surface area contributed by atoms with Gasteiger partial charge in [-0.1, -0.05) is 45.9 Å². The monoisotopic (exact) mass is 517 g/mol. The predicted octanol–water partition coefficient (Wildman–Crippen LogP) is 6.47. The minimum Gasteiger partial charge on any atom is -0.497 e. The molecular formula is C29H44NO5P. The van der Waals surface area contributed by atoms with Gasteiger partial charge in [-0.25, -0.2) is 0 Å². The molecule has 1 aliphatic heterocycles. The van der Waals surface area contributed by atoms with Crippen LogP contribution in [0.5, 0.6) is 11.5 Å². The highest BCUT2D eigenvalue weighted by Crippen LogP contribution is 2.42. The summed E-state index contributed by atoms with van der Waals surface area (Å²) < 4.78 is 23.1. The molecule has 0 aliphatic carbocycles. The molecule has 0 bridgehead atoms. The molecule has 2 aromatic rings. The van der Waals surface area contributed by atoms with Crippen LogP contribution in [0, 0.1) is 11.3 Å². The molecule has 1 heterocycles. The maximum absolute atomic E-state index is 11.5. The van der Waals surface area contributed by atoms with E-state index in [4.69, 9.17) is 9.47 Å². The van der Waals surface area contributed by atoms with E-state index in [1.807, 2.05) is 24.3 Å². The van der Waals surface area contributed by atoms with E-state index in [2.05, 4.69) is 43.9 Å². The number of ether oxygens (including phenoxy) is 2. The molecule has 2 aromatic carbocycles. The zero-order valence-electron chi connectivity index (χ0n) is 22.6. The number of methoxy groups -OCH3 is 1. The van der Waals surface area contributed by atoms with E-state index in [1.54, 1.807) is 14.0 Å². The summed E-state index contributed by atoms with van der Waals surface area (Å²) in [6, 6.07) is 14.1. The molecule has 1 saturated heterocycles. The van der Waals surface area contributed by atoms with Gasteiger partial charge >= 0.3 is 7.60 Å². The first-order chi connectivity index (χ1) is 16.9. The molecule has 200 valence electrons. The van der Waals surface area contributed by atoms with Crippen LogP contribution in [0.15, 0.2) is 42.5 Å². The Labute approximate surface area is 217 Å². The van der Waals surface area contributed by atoms with Crippen LogP contribution >= 0.6 is 7.60 Å². The number of aryl methyl sites for hydroxylation is 1. The zero-order valence-corrected chi connectivity index (χ0v) is 23.5. The molecule has 3 rings (SSSR count). The molecule has 0 aromatic heterocycles. The summed E-state index contributed by atoms with van der Waals surface area (Å²) in [6.07, 6.45) is 5.92. The molecule has 2 N–H and O–H groups in total. The molecule has 1 aliphatic rings. The normalized spacial score (nSPS) is 16.1. The van der Waals surface area contributed by atoms with Gasteiger partial charge in [-0.2, -0.15) is 0 Å². The lowest BCUT2D eigenvalue weighted by Gasteiger charge is -2.35. The number of nitrogens with zero attached hydrogens (tertiary/aromatic N) is 1. The van der Waals surface area contributed by atoms with E-state index in [1.165, 1.54) is 24.1 Å². The summed E-state index contributed by atoms with van der Waals surface area (Å²) in [7, 11) is -2.36. The number of hydrogen-bond donors (Lipinski definition) is 2. The molecule has 1 unspecified atom stereocenters. The number of anilines is 1. The summed E-state index contributed by atoms with van der Waals surface area (Å²) >= 11 is 0. The Hall–Kier alpha value is -2.01. The predicted molar refractivity (Wildman–Crippen MR) is 147 cm³/mol. The van der Waals surface area contributed by atoms with Crippen molar-refractivity contribution in [2.24, 2.45) is 11.3 Å². The Morgan fingerprint density at radius 3 is 2.44 bits per heavy atom. The van der Waals surface area contributed by atoms with E-state index < -0.39 is 13.3 Å². The average molecular weight is 518 g/mol.